The molecule has 0 spiro atoms. The third kappa shape index (κ3) is 8.91. The fraction of sp³-hybridized carbons (Fsp3) is 0.789. The van der Waals surface area contributed by atoms with Gasteiger partial charge in [0.25, 0.3) is 16.0 Å². The number of aliphatic hydroxyl groups excluding tert-OH is 2. The molecule has 0 aromatic carbocycles. The lowest BCUT2D eigenvalue weighted by molar-refractivity contribution is -0.837. The molecule has 162 valence electrons. The van der Waals surface area contributed by atoms with E-state index in [0.717, 1.165) is 12.8 Å². The predicted octanol–water partition coefficient (Wildman–Crippen LogP) is 1.33. The quantitative estimate of drug-likeness (QED) is 0.159. The van der Waals surface area contributed by atoms with Crippen molar-refractivity contribution in [1.82, 2.24) is 0 Å². The maximum atomic E-state index is 12.7. The molecule has 0 aromatic rings. The van der Waals surface area contributed by atoms with Crippen molar-refractivity contribution in [3.05, 3.63) is 12.2 Å². The molecule has 0 saturated heterocycles. The van der Waals surface area contributed by atoms with Gasteiger partial charge in [0.1, 0.15) is 31.5 Å². The number of nitrogens with zero attached hydrogens (tertiary/aromatic N) is 2. The van der Waals surface area contributed by atoms with Crippen LogP contribution in [0.4, 0.5) is 0 Å². The number of carbonyl (C=O) groups is 1. The summed E-state index contributed by atoms with van der Waals surface area (Å²) in [6, 6.07) is 0. The highest BCUT2D eigenvalue weighted by atomic mass is 32.2. The van der Waals surface area contributed by atoms with E-state index in [4.69, 9.17) is 4.55 Å². The highest BCUT2D eigenvalue weighted by Gasteiger charge is 2.43. The number of Topliss-reactive ketones (excluding diaryl/α,β-unsaturated/α-hetero) is 1. The fourth-order valence-electron chi connectivity index (χ4n) is 3.58. The highest BCUT2D eigenvalue weighted by Crippen LogP contribution is 2.19. The van der Waals surface area contributed by atoms with Crippen LogP contribution in [0.3, 0.4) is 0 Å². The number of amidine groups is 1. The average molecular weight is 420 g/mol. The zero-order valence-electron chi connectivity index (χ0n) is 16.8. The van der Waals surface area contributed by atoms with Crippen LogP contribution in [0.5, 0.6) is 0 Å². The number of quaternary nitrogens is 1. The van der Waals surface area contributed by atoms with Crippen LogP contribution >= 0.6 is 0 Å². The molecule has 1 rings (SSSR count). The summed E-state index contributed by atoms with van der Waals surface area (Å²) in [5.41, 5.74) is 0. The summed E-state index contributed by atoms with van der Waals surface area (Å²) in [7, 11) is -4.33. The average Bonchev–Trinajstić information content (AvgIpc) is 2.98. The first kappa shape index (κ1) is 24.9. The number of carbonyl (C=O) groups excluding carboxylic acids is 1. The molecule has 0 fully saturated rings. The van der Waals surface area contributed by atoms with E-state index in [2.05, 4.69) is 18.0 Å². The van der Waals surface area contributed by atoms with Crippen molar-refractivity contribution in [2.45, 2.75) is 58.0 Å². The Morgan fingerprint density at radius 3 is 2.61 bits per heavy atom. The lowest BCUT2D eigenvalue weighted by Crippen LogP contribution is -2.59. The maximum absolute atomic E-state index is 12.7. The van der Waals surface area contributed by atoms with Crippen molar-refractivity contribution < 1.29 is 32.5 Å². The van der Waals surface area contributed by atoms with Crippen LogP contribution in [0.2, 0.25) is 0 Å². The molecule has 28 heavy (non-hydrogen) atoms. The smallest absolute Gasteiger partial charge is 0.267 e. The van der Waals surface area contributed by atoms with Gasteiger partial charge in [-0.2, -0.15) is 8.42 Å². The first-order valence-electron chi connectivity index (χ1n) is 10.1. The van der Waals surface area contributed by atoms with Crippen LogP contribution in [0, 0.1) is 0 Å². The molecular formula is C19H35N2O6S+. The van der Waals surface area contributed by atoms with Gasteiger partial charge in [0.2, 0.25) is 5.78 Å². The van der Waals surface area contributed by atoms with Gasteiger partial charge in [0, 0.05) is 6.42 Å². The van der Waals surface area contributed by atoms with Crippen LogP contribution < -0.4 is 0 Å². The molecule has 9 heteroatoms. The second kappa shape index (κ2) is 12.4. The number of unbranched alkanes of at least 4 members (excludes halogenated alkanes) is 4. The third-order valence-electron chi connectivity index (χ3n) is 4.91. The largest absolute Gasteiger partial charge is 0.390 e. The van der Waals surface area contributed by atoms with Gasteiger partial charge in [0.05, 0.1) is 13.2 Å². The Morgan fingerprint density at radius 1 is 1.25 bits per heavy atom. The number of hydrogen-bond donors (Lipinski definition) is 3. The molecule has 2 atom stereocenters. The van der Waals surface area contributed by atoms with Crippen molar-refractivity contribution in [3.8, 4) is 0 Å². The number of ketones is 1. The van der Waals surface area contributed by atoms with Gasteiger partial charge in [-0.25, -0.2) is 4.99 Å². The summed E-state index contributed by atoms with van der Waals surface area (Å²) in [6.45, 7) is 2.83. The zero-order chi connectivity index (χ0) is 21.0. The number of rotatable bonds is 15. The predicted molar refractivity (Wildman–Crippen MR) is 109 cm³/mol. The van der Waals surface area contributed by atoms with Crippen molar-refractivity contribution >= 4 is 21.7 Å². The molecule has 0 saturated carbocycles. The Balaban J connectivity index is 2.62. The highest BCUT2D eigenvalue weighted by molar-refractivity contribution is 7.85. The molecule has 3 N–H and O–H groups in total. The van der Waals surface area contributed by atoms with E-state index in [1.54, 1.807) is 0 Å². The van der Waals surface area contributed by atoms with Gasteiger partial charge in [-0.15, -0.1) is 0 Å². The Bertz CT molecular complexity index is 647. The Labute approximate surface area is 168 Å². The van der Waals surface area contributed by atoms with Crippen molar-refractivity contribution in [3.63, 3.8) is 0 Å². The van der Waals surface area contributed by atoms with Gasteiger partial charge >= 0.3 is 0 Å². The van der Waals surface area contributed by atoms with Crippen molar-refractivity contribution in [2.24, 2.45) is 4.99 Å². The third-order valence-corrected chi connectivity index (χ3v) is 5.71. The normalized spacial score (nSPS) is 21.2. The van der Waals surface area contributed by atoms with E-state index in [1.807, 2.05) is 6.08 Å². The minimum Gasteiger partial charge on any atom is -0.390 e. The second-order valence-corrected chi connectivity index (χ2v) is 8.89. The van der Waals surface area contributed by atoms with E-state index < -0.39 is 22.0 Å². The summed E-state index contributed by atoms with van der Waals surface area (Å²) in [4.78, 5) is 17.0. The minimum atomic E-state index is -4.33. The van der Waals surface area contributed by atoms with Gasteiger partial charge in [-0.3, -0.25) is 13.8 Å². The Kier molecular flexibility index (Phi) is 11.1. The molecule has 0 aliphatic carbocycles. The molecule has 0 bridgehead atoms. The van der Waals surface area contributed by atoms with Crippen LogP contribution in [0.25, 0.3) is 0 Å². The molecule has 2 unspecified atom stereocenters. The molecule has 0 amide bonds. The Morgan fingerprint density at radius 2 is 1.96 bits per heavy atom. The summed E-state index contributed by atoms with van der Waals surface area (Å²) >= 11 is 0. The van der Waals surface area contributed by atoms with Crippen molar-refractivity contribution in [1.29, 1.82) is 0 Å². The molecule has 0 aromatic heterocycles. The first-order chi connectivity index (χ1) is 13.2. The number of allylic oxidation sites excluding steroid dienone is 2. The van der Waals surface area contributed by atoms with Crippen LogP contribution in [0.1, 0.15) is 51.9 Å². The molecule has 1 aliphatic heterocycles. The van der Waals surface area contributed by atoms with Gasteiger partial charge < -0.3 is 10.2 Å². The summed E-state index contributed by atoms with van der Waals surface area (Å²) in [5, 5.41) is 19.5. The monoisotopic (exact) mass is 419 g/mol. The van der Waals surface area contributed by atoms with E-state index in [0.29, 0.717) is 19.5 Å². The molecule has 8 nitrogen and oxygen atoms in total. The topological polar surface area (TPSA) is 124 Å². The van der Waals surface area contributed by atoms with E-state index in [1.165, 1.54) is 19.3 Å². The molecule has 1 aliphatic rings. The summed E-state index contributed by atoms with van der Waals surface area (Å²) < 4.78 is 30.9. The van der Waals surface area contributed by atoms with Crippen LogP contribution in [-0.4, -0.2) is 83.9 Å². The van der Waals surface area contributed by atoms with Crippen LogP contribution in [0.15, 0.2) is 17.1 Å². The molecular weight excluding hydrogens is 384 g/mol. The van der Waals surface area contributed by atoms with Gasteiger partial charge in [-0.1, -0.05) is 38.3 Å². The van der Waals surface area contributed by atoms with Gasteiger partial charge in [0.15, 0.2) is 0 Å². The maximum Gasteiger partial charge on any atom is 0.267 e. The SMILES string of the molecule is CCCCCC/C=C/CCC(=O)C1=NCC[N+]1(CCO)CC(O)CS(=O)(=O)O. The van der Waals surface area contributed by atoms with Gasteiger partial charge in [-0.05, 0) is 19.3 Å². The van der Waals surface area contributed by atoms with E-state index in [-0.39, 0.29) is 42.2 Å². The number of aliphatic imine (C=N–C) groups is 1. The lowest BCUT2D eigenvalue weighted by Gasteiger charge is -2.34. The van der Waals surface area contributed by atoms with E-state index >= 15 is 0 Å². The molecule has 0 radical (unpaired) electrons. The first-order valence-corrected chi connectivity index (χ1v) is 11.7. The van der Waals surface area contributed by atoms with Crippen LogP contribution in [-0.2, 0) is 14.9 Å². The summed E-state index contributed by atoms with van der Waals surface area (Å²) in [5.74, 6) is -0.680. The lowest BCUT2D eigenvalue weighted by atomic mass is 10.1. The summed E-state index contributed by atoms with van der Waals surface area (Å²) in [6.07, 6.45) is 9.41. The Hall–Kier alpha value is -1.13. The minimum absolute atomic E-state index is 0.0489. The standard InChI is InChI=1S/C19H34N2O6S/c1-2-3-4-5-6-7-8-9-10-18(24)19-20-11-12-21(19,13-14-22)15-17(23)16-28(25,26)27/h7-8,17,22-23H,2-6,9-16H2,1H3/p+1/b8-7+. The van der Waals surface area contributed by atoms with E-state index in [9.17, 15) is 23.4 Å². The molecule has 1 heterocycles. The zero-order valence-corrected chi connectivity index (χ0v) is 17.6. The fourth-order valence-corrected chi connectivity index (χ4v) is 4.18. The second-order valence-electron chi connectivity index (χ2n) is 7.39. The number of hydrogen-bond acceptors (Lipinski definition) is 6. The number of aliphatic hydroxyl groups is 2. The van der Waals surface area contributed by atoms with Crippen molar-refractivity contribution in [2.75, 3.05) is 38.5 Å².